The number of carbonyl (C=O) groups is 2. The third-order valence-corrected chi connectivity index (χ3v) is 5.66. The number of hydrogen-bond donors (Lipinski definition) is 1. The van der Waals surface area contributed by atoms with E-state index in [9.17, 15) is 19.5 Å². The maximum absolute atomic E-state index is 12.5. The van der Waals surface area contributed by atoms with E-state index < -0.39 is 23.3 Å². The van der Waals surface area contributed by atoms with Gasteiger partial charge in [-0.1, -0.05) is 30.3 Å². The molecule has 0 bridgehead atoms. The number of ketones is 1. The molecule has 0 spiro atoms. The van der Waals surface area contributed by atoms with Gasteiger partial charge in [-0.2, -0.15) is 0 Å². The number of rotatable bonds is 3. The van der Waals surface area contributed by atoms with E-state index in [1.807, 2.05) is 30.3 Å². The number of Topliss-reactive ketones (excluding diaryl/α,β-unsaturated/α-hetero) is 1. The SMILES string of the molecule is CC(=O)c1c2c(c3oc(=O)cc(C)c3c1O)[C@@H](c1ccc(-c3ccccc3)o1)CC(=O)O2. The number of aromatic hydroxyl groups is 1. The molecule has 0 radical (unpaired) electrons. The number of esters is 1. The third-order valence-electron chi connectivity index (χ3n) is 5.66. The second-order valence-corrected chi connectivity index (χ2v) is 7.77. The van der Waals surface area contributed by atoms with Crippen LogP contribution in [0.2, 0.25) is 0 Å². The molecule has 0 amide bonds. The Balaban J connectivity index is 1.82. The highest BCUT2D eigenvalue weighted by Gasteiger charge is 2.38. The summed E-state index contributed by atoms with van der Waals surface area (Å²) in [4.78, 5) is 37.1. The lowest BCUT2D eigenvalue weighted by molar-refractivity contribution is -0.135. The highest BCUT2D eigenvalue weighted by atomic mass is 16.5. The second kappa shape index (κ2) is 7.23. The summed E-state index contributed by atoms with van der Waals surface area (Å²) in [6, 6.07) is 14.2. The fraction of sp³-hybridized carbons (Fsp3) is 0.160. The van der Waals surface area contributed by atoms with Gasteiger partial charge in [-0.25, -0.2) is 4.79 Å². The monoisotopic (exact) mass is 430 g/mol. The van der Waals surface area contributed by atoms with Gasteiger partial charge in [-0.15, -0.1) is 0 Å². The van der Waals surface area contributed by atoms with Crippen molar-refractivity contribution >= 4 is 22.7 Å². The van der Waals surface area contributed by atoms with Crippen molar-refractivity contribution in [2.45, 2.75) is 26.2 Å². The summed E-state index contributed by atoms with van der Waals surface area (Å²) in [5.41, 5.74) is 0.962. The maximum Gasteiger partial charge on any atom is 0.336 e. The predicted molar refractivity (Wildman–Crippen MR) is 115 cm³/mol. The highest BCUT2D eigenvalue weighted by Crippen LogP contribution is 2.50. The Morgan fingerprint density at radius 2 is 1.81 bits per heavy atom. The molecule has 7 heteroatoms. The lowest BCUT2D eigenvalue weighted by atomic mass is 9.85. The van der Waals surface area contributed by atoms with Crippen LogP contribution < -0.4 is 10.4 Å². The molecule has 1 aliphatic heterocycles. The molecule has 32 heavy (non-hydrogen) atoms. The van der Waals surface area contributed by atoms with E-state index in [1.165, 1.54) is 13.0 Å². The van der Waals surface area contributed by atoms with E-state index >= 15 is 0 Å². The molecule has 1 atom stereocenters. The number of hydrogen-bond acceptors (Lipinski definition) is 7. The summed E-state index contributed by atoms with van der Waals surface area (Å²) >= 11 is 0. The van der Waals surface area contributed by atoms with Gasteiger partial charge in [-0.05, 0) is 31.5 Å². The van der Waals surface area contributed by atoms with Crippen LogP contribution in [0.25, 0.3) is 22.3 Å². The van der Waals surface area contributed by atoms with Crippen molar-refractivity contribution < 1.29 is 28.3 Å². The van der Waals surface area contributed by atoms with Gasteiger partial charge in [0.1, 0.15) is 28.4 Å². The number of ether oxygens (including phenoxy) is 1. The lowest BCUT2D eigenvalue weighted by Crippen LogP contribution is -2.23. The molecule has 160 valence electrons. The molecule has 0 unspecified atom stereocenters. The fourth-order valence-electron chi connectivity index (χ4n) is 4.28. The van der Waals surface area contributed by atoms with E-state index in [2.05, 4.69) is 0 Å². The predicted octanol–water partition coefficient (Wildman–Crippen LogP) is 4.71. The van der Waals surface area contributed by atoms with Gasteiger partial charge in [0, 0.05) is 11.6 Å². The molecule has 0 saturated carbocycles. The molecule has 2 aromatic heterocycles. The first kappa shape index (κ1) is 19.8. The average Bonchev–Trinajstić information content (AvgIpc) is 3.23. The quantitative estimate of drug-likeness (QED) is 0.217. The van der Waals surface area contributed by atoms with Crippen molar-refractivity contribution in [3.05, 3.63) is 81.4 Å². The van der Waals surface area contributed by atoms with Gasteiger partial charge in [0.2, 0.25) is 0 Å². The van der Waals surface area contributed by atoms with Crippen LogP contribution in [-0.4, -0.2) is 16.9 Å². The zero-order valence-corrected chi connectivity index (χ0v) is 17.3. The molecular weight excluding hydrogens is 412 g/mol. The number of phenolic OH excluding ortho intramolecular Hbond substituents is 1. The summed E-state index contributed by atoms with van der Waals surface area (Å²) in [7, 11) is 0. The van der Waals surface area contributed by atoms with Gasteiger partial charge < -0.3 is 18.7 Å². The van der Waals surface area contributed by atoms with Crippen molar-refractivity contribution in [1.29, 1.82) is 0 Å². The average molecular weight is 430 g/mol. The van der Waals surface area contributed by atoms with Crippen LogP contribution in [0.3, 0.4) is 0 Å². The third kappa shape index (κ3) is 3.01. The minimum Gasteiger partial charge on any atom is -0.506 e. The molecule has 0 aliphatic carbocycles. The first-order chi connectivity index (χ1) is 15.3. The lowest BCUT2D eigenvalue weighted by Gasteiger charge is -2.26. The number of aryl methyl sites for hydroxylation is 1. The van der Waals surface area contributed by atoms with Crippen LogP contribution in [-0.2, 0) is 4.79 Å². The van der Waals surface area contributed by atoms with Crippen molar-refractivity contribution in [2.75, 3.05) is 0 Å². The van der Waals surface area contributed by atoms with E-state index in [4.69, 9.17) is 13.6 Å². The van der Waals surface area contributed by atoms with Crippen molar-refractivity contribution in [3.8, 4) is 22.8 Å². The number of benzene rings is 2. The van der Waals surface area contributed by atoms with E-state index in [0.717, 1.165) is 5.56 Å². The Morgan fingerprint density at radius 1 is 1.06 bits per heavy atom. The van der Waals surface area contributed by atoms with Crippen LogP contribution in [0.15, 0.2) is 62.2 Å². The second-order valence-electron chi connectivity index (χ2n) is 7.77. The number of carbonyl (C=O) groups excluding carboxylic acids is 2. The zero-order chi connectivity index (χ0) is 22.6. The van der Waals surface area contributed by atoms with Crippen LogP contribution in [0.5, 0.6) is 11.5 Å². The van der Waals surface area contributed by atoms with Gasteiger partial charge in [0.05, 0.1) is 23.3 Å². The molecule has 3 heterocycles. The molecule has 2 aromatic carbocycles. The highest BCUT2D eigenvalue weighted by molar-refractivity contribution is 6.08. The number of furan rings is 1. The topological polar surface area (TPSA) is 107 Å². The maximum atomic E-state index is 12.5. The molecule has 1 aliphatic rings. The van der Waals surface area contributed by atoms with Crippen LogP contribution >= 0.6 is 0 Å². The van der Waals surface area contributed by atoms with E-state index in [1.54, 1.807) is 19.1 Å². The van der Waals surface area contributed by atoms with Crippen LogP contribution in [0, 0.1) is 6.92 Å². The standard InChI is InChI=1S/C25H18O7/c1-12-10-18(27)31-24-20(12)23(29)21(13(2)26)25-22(24)15(11-19(28)32-25)17-9-8-16(30-17)14-6-4-3-5-7-14/h3-10,15,29H,11H2,1-2H3/t15-/m1/s1. The smallest absolute Gasteiger partial charge is 0.336 e. The van der Waals surface area contributed by atoms with Gasteiger partial charge in [-0.3, -0.25) is 9.59 Å². The molecule has 1 N–H and O–H groups in total. The summed E-state index contributed by atoms with van der Waals surface area (Å²) in [6.07, 6.45) is -0.0797. The van der Waals surface area contributed by atoms with Crippen LogP contribution in [0.4, 0.5) is 0 Å². The van der Waals surface area contributed by atoms with Crippen molar-refractivity contribution in [1.82, 2.24) is 0 Å². The summed E-state index contributed by atoms with van der Waals surface area (Å²) < 4.78 is 17.0. The summed E-state index contributed by atoms with van der Waals surface area (Å²) in [6.45, 7) is 2.91. The van der Waals surface area contributed by atoms with Crippen LogP contribution in [0.1, 0.15) is 46.5 Å². The molecular formula is C25H18O7. The largest absolute Gasteiger partial charge is 0.506 e. The Bertz CT molecular complexity index is 1460. The first-order valence-electron chi connectivity index (χ1n) is 10.0. The minimum absolute atomic E-state index is 0.0719. The number of fused-ring (bicyclic) bond motifs is 3. The molecule has 5 rings (SSSR count). The van der Waals surface area contributed by atoms with Crippen molar-refractivity contribution in [2.24, 2.45) is 0 Å². The minimum atomic E-state index is -0.671. The normalized spacial score (nSPS) is 15.4. The van der Waals surface area contributed by atoms with E-state index in [-0.39, 0.29) is 34.5 Å². The Morgan fingerprint density at radius 3 is 2.53 bits per heavy atom. The zero-order valence-electron chi connectivity index (χ0n) is 17.3. The molecule has 0 fully saturated rings. The first-order valence-corrected chi connectivity index (χ1v) is 10.0. The van der Waals surface area contributed by atoms with Gasteiger partial charge in [0.25, 0.3) is 0 Å². The molecule has 0 saturated heterocycles. The fourth-order valence-corrected chi connectivity index (χ4v) is 4.28. The Labute approximate surface area is 181 Å². The summed E-state index contributed by atoms with van der Waals surface area (Å²) in [5, 5.41) is 11.1. The Hall–Kier alpha value is -4.13. The Kier molecular flexibility index (Phi) is 4.48. The number of phenols is 1. The van der Waals surface area contributed by atoms with Gasteiger partial charge >= 0.3 is 11.6 Å². The van der Waals surface area contributed by atoms with E-state index in [0.29, 0.717) is 22.6 Å². The molecule has 7 nitrogen and oxygen atoms in total. The van der Waals surface area contributed by atoms with Gasteiger partial charge in [0.15, 0.2) is 11.5 Å². The molecule has 4 aromatic rings. The van der Waals surface area contributed by atoms with Crippen molar-refractivity contribution in [3.63, 3.8) is 0 Å². The summed E-state index contributed by atoms with van der Waals surface area (Å²) in [5.74, 6) is -1.17.